The van der Waals surface area contributed by atoms with Crippen LogP contribution in [0.5, 0.6) is 0 Å². The van der Waals surface area contributed by atoms with Crippen molar-refractivity contribution in [2.45, 2.75) is 13.3 Å². The highest BCUT2D eigenvalue weighted by Crippen LogP contribution is 2.21. The number of fused-ring (bicyclic) bond motifs is 1. The van der Waals surface area contributed by atoms with Gasteiger partial charge in [0.25, 0.3) is 0 Å². The SMILES string of the molecule is Cc1ccc(Cc2cc3ccccc3o2)cc1. The molecule has 0 saturated carbocycles. The lowest BCUT2D eigenvalue weighted by Crippen LogP contribution is -1.85. The van der Waals surface area contributed by atoms with Crippen LogP contribution in [0.4, 0.5) is 0 Å². The van der Waals surface area contributed by atoms with Crippen LogP contribution in [0.3, 0.4) is 0 Å². The molecule has 0 atom stereocenters. The van der Waals surface area contributed by atoms with E-state index in [1.54, 1.807) is 0 Å². The molecule has 3 rings (SSSR count). The van der Waals surface area contributed by atoms with Crippen molar-refractivity contribution in [3.8, 4) is 0 Å². The largest absolute Gasteiger partial charge is 0.461 e. The zero-order valence-corrected chi connectivity index (χ0v) is 9.81. The third-order valence-corrected chi connectivity index (χ3v) is 2.98. The van der Waals surface area contributed by atoms with Gasteiger partial charge in [-0.15, -0.1) is 0 Å². The van der Waals surface area contributed by atoms with Gasteiger partial charge >= 0.3 is 0 Å². The number of hydrogen-bond acceptors (Lipinski definition) is 1. The molecule has 0 unspecified atom stereocenters. The van der Waals surface area contributed by atoms with Crippen molar-refractivity contribution in [3.05, 3.63) is 71.5 Å². The Morgan fingerprint density at radius 1 is 0.941 bits per heavy atom. The molecule has 0 spiro atoms. The molecule has 1 heteroatoms. The predicted octanol–water partition coefficient (Wildman–Crippen LogP) is 4.33. The van der Waals surface area contributed by atoms with E-state index in [4.69, 9.17) is 4.42 Å². The Kier molecular flexibility index (Phi) is 2.45. The van der Waals surface area contributed by atoms with Gasteiger partial charge in [-0.1, -0.05) is 48.0 Å². The monoisotopic (exact) mass is 222 g/mol. The summed E-state index contributed by atoms with van der Waals surface area (Å²) in [6.45, 7) is 2.10. The van der Waals surface area contributed by atoms with E-state index < -0.39 is 0 Å². The number of furan rings is 1. The molecule has 0 radical (unpaired) electrons. The van der Waals surface area contributed by atoms with Gasteiger partial charge in [0.1, 0.15) is 11.3 Å². The Morgan fingerprint density at radius 2 is 1.71 bits per heavy atom. The number of hydrogen-bond donors (Lipinski definition) is 0. The summed E-state index contributed by atoms with van der Waals surface area (Å²) in [5.74, 6) is 1.02. The van der Waals surface area contributed by atoms with Gasteiger partial charge in [-0.25, -0.2) is 0 Å². The highest BCUT2D eigenvalue weighted by molar-refractivity contribution is 5.77. The van der Waals surface area contributed by atoms with Crippen LogP contribution in [0, 0.1) is 6.92 Å². The van der Waals surface area contributed by atoms with Crippen molar-refractivity contribution in [3.63, 3.8) is 0 Å². The van der Waals surface area contributed by atoms with Crippen LogP contribution in [0.25, 0.3) is 11.0 Å². The van der Waals surface area contributed by atoms with Crippen molar-refractivity contribution in [1.29, 1.82) is 0 Å². The lowest BCUT2D eigenvalue weighted by molar-refractivity contribution is 0.563. The molecule has 0 amide bonds. The first-order valence-corrected chi connectivity index (χ1v) is 5.84. The van der Waals surface area contributed by atoms with E-state index in [1.165, 1.54) is 16.5 Å². The minimum Gasteiger partial charge on any atom is -0.461 e. The maximum atomic E-state index is 5.80. The Balaban J connectivity index is 1.92. The molecule has 1 aromatic heterocycles. The van der Waals surface area contributed by atoms with Crippen LogP contribution in [-0.4, -0.2) is 0 Å². The molecule has 0 bridgehead atoms. The summed E-state index contributed by atoms with van der Waals surface area (Å²) in [5, 5.41) is 1.18. The third kappa shape index (κ3) is 2.09. The maximum absolute atomic E-state index is 5.80. The van der Waals surface area contributed by atoms with Gasteiger partial charge in [-0.2, -0.15) is 0 Å². The number of benzene rings is 2. The van der Waals surface area contributed by atoms with E-state index in [0.29, 0.717) is 0 Å². The summed E-state index contributed by atoms with van der Waals surface area (Å²) >= 11 is 0. The van der Waals surface area contributed by atoms with E-state index in [9.17, 15) is 0 Å². The van der Waals surface area contributed by atoms with Crippen LogP contribution < -0.4 is 0 Å². The van der Waals surface area contributed by atoms with Crippen molar-refractivity contribution < 1.29 is 4.42 Å². The Hall–Kier alpha value is -2.02. The van der Waals surface area contributed by atoms with Crippen molar-refractivity contribution in [2.24, 2.45) is 0 Å². The molecule has 0 aliphatic carbocycles. The van der Waals surface area contributed by atoms with Crippen molar-refractivity contribution in [2.75, 3.05) is 0 Å². The summed E-state index contributed by atoms with van der Waals surface area (Å²) < 4.78 is 5.80. The van der Waals surface area contributed by atoms with Gasteiger partial charge in [0.15, 0.2) is 0 Å². The molecule has 1 nitrogen and oxygen atoms in total. The minimum absolute atomic E-state index is 0.856. The second kappa shape index (κ2) is 4.10. The average Bonchev–Trinajstić information content (AvgIpc) is 2.74. The van der Waals surface area contributed by atoms with E-state index >= 15 is 0 Å². The van der Waals surface area contributed by atoms with Gasteiger partial charge in [-0.05, 0) is 24.6 Å². The van der Waals surface area contributed by atoms with Crippen LogP contribution in [0.1, 0.15) is 16.9 Å². The van der Waals surface area contributed by atoms with E-state index in [0.717, 1.165) is 17.8 Å². The quantitative estimate of drug-likeness (QED) is 0.629. The van der Waals surface area contributed by atoms with Crippen LogP contribution in [0.15, 0.2) is 59.0 Å². The van der Waals surface area contributed by atoms with Gasteiger partial charge in [0.05, 0.1) is 0 Å². The molecule has 0 saturated heterocycles. The maximum Gasteiger partial charge on any atom is 0.134 e. The van der Waals surface area contributed by atoms with Crippen LogP contribution in [-0.2, 0) is 6.42 Å². The molecular weight excluding hydrogens is 208 g/mol. The standard InChI is InChI=1S/C16H14O/c1-12-6-8-13(9-7-12)10-15-11-14-4-2-3-5-16(14)17-15/h2-9,11H,10H2,1H3. The summed E-state index contributed by atoms with van der Waals surface area (Å²) in [5.41, 5.74) is 3.54. The molecule has 3 aromatic rings. The number of aryl methyl sites for hydroxylation is 1. The normalized spacial score (nSPS) is 10.9. The first kappa shape index (κ1) is 10.2. The van der Waals surface area contributed by atoms with E-state index in [-0.39, 0.29) is 0 Å². The average molecular weight is 222 g/mol. The predicted molar refractivity (Wildman–Crippen MR) is 70.2 cm³/mol. The lowest BCUT2D eigenvalue weighted by atomic mass is 10.1. The lowest BCUT2D eigenvalue weighted by Gasteiger charge is -1.98. The Bertz CT molecular complexity index is 599. The van der Waals surface area contributed by atoms with Crippen LogP contribution in [0.2, 0.25) is 0 Å². The highest BCUT2D eigenvalue weighted by Gasteiger charge is 2.03. The summed E-state index contributed by atoms with van der Waals surface area (Å²) in [6.07, 6.45) is 0.856. The fourth-order valence-electron chi connectivity index (χ4n) is 2.03. The molecule has 2 aromatic carbocycles. The van der Waals surface area contributed by atoms with Crippen molar-refractivity contribution >= 4 is 11.0 Å². The Labute approximate surface area is 101 Å². The van der Waals surface area contributed by atoms with Crippen LogP contribution >= 0.6 is 0 Å². The molecule has 17 heavy (non-hydrogen) atoms. The van der Waals surface area contributed by atoms with Gasteiger partial charge < -0.3 is 4.42 Å². The minimum atomic E-state index is 0.856. The Morgan fingerprint density at radius 3 is 2.47 bits per heavy atom. The summed E-state index contributed by atoms with van der Waals surface area (Å²) in [6, 6.07) is 18.8. The van der Waals surface area contributed by atoms with E-state index in [2.05, 4.69) is 43.3 Å². The van der Waals surface area contributed by atoms with E-state index in [1.807, 2.05) is 18.2 Å². The molecule has 0 aliphatic rings. The molecule has 0 N–H and O–H groups in total. The first-order chi connectivity index (χ1) is 8.31. The first-order valence-electron chi connectivity index (χ1n) is 5.84. The zero-order chi connectivity index (χ0) is 11.7. The molecule has 1 heterocycles. The second-order valence-corrected chi connectivity index (χ2v) is 4.41. The third-order valence-electron chi connectivity index (χ3n) is 2.98. The fourth-order valence-corrected chi connectivity index (χ4v) is 2.03. The molecular formula is C16H14O. The molecule has 0 aliphatic heterocycles. The second-order valence-electron chi connectivity index (χ2n) is 4.41. The van der Waals surface area contributed by atoms with Crippen molar-refractivity contribution in [1.82, 2.24) is 0 Å². The molecule has 84 valence electrons. The smallest absolute Gasteiger partial charge is 0.134 e. The van der Waals surface area contributed by atoms with Gasteiger partial charge in [0, 0.05) is 11.8 Å². The fraction of sp³-hybridized carbons (Fsp3) is 0.125. The van der Waals surface area contributed by atoms with Gasteiger partial charge in [-0.3, -0.25) is 0 Å². The highest BCUT2D eigenvalue weighted by atomic mass is 16.3. The number of rotatable bonds is 2. The number of para-hydroxylation sites is 1. The topological polar surface area (TPSA) is 13.1 Å². The summed E-state index contributed by atoms with van der Waals surface area (Å²) in [4.78, 5) is 0. The van der Waals surface area contributed by atoms with Gasteiger partial charge in [0.2, 0.25) is 0 Å². The molecule has 0 fully saturated rings. The summed E-state index contributed by atoms with van der Waals surface area (Å²) in [7, 11) is 0. The zero-order valence-electron chi connectivity index (χ0n) is 9.81.